The van der Waals surface area contributed by atoms with E-state index in [0.29, 0.717) is 12.4 Å². The first-order valence-electron chi connectivity index (χ1n) is 8.70. The second-order valence-electron chi connectivity index (χ2n) is 6.56. The Morgan fingerprint density at radius 2 is 1.48 bits per heavy atom. The van der Waals surface area contributed by atoms with E-state index in [4.69, 9.17) is 9.47 Å². The summed E-state index contributed by atoms with van der Waals surface area (Å²) in [5, 5.41) is 2.81. The van der Waals surface area contributed by atoms with Crippen molar-refractivity contribution in [1.29, 1.82) is 0 Å². The standard InChI is InChI=1S/C21H27NO3/c1-5-21(3,4)16-7-11-19(12-8-16)25-15-20(23)22-17-9-13-18(14-10-17)24-6-2/h7-14H,5-6,15H2,1-4H3,(H,22,23). The Morgan fingerprint density at radius 3 is 2.04 bits per heavy atom. The molecule has 134 valence electrons. The van der Waals surface area contributed by atoms with Gasteiger partial charge in [0.2, 0.25) is 0 Å². The first-order chi connectivity index (χ1) is 11.9. The smallest absolute Gasteiger partial charge is 0.262 e. The van der Waals surface area contributed by atoms with Gasteiger partial charge in [0.1, 0.15) is 11.5 Å². The summed E-state index contributed by atoms with van der Waals surface area (Å²) in [6.07, 6.45) is 1.07. The van der Waals surface area contributed by atoms with Crippen LogP contribution < -0.4 is 14.8 Å². The second-order valence-corrected chi connectivity index (χ2v) is 6.56. The highest BCUT2D eigenvalue weighted by Crippen LogP contribution is 2.28. The van der Waals surface area contributed by atoms with Crippen molar-refractivity contribution in [3.63, 3.8) is 0 Å². The maximum atomic E-state index is 12.0. The lowest BCUT2D eigenvalue weighted by Crippen LogP contribution is -2.20. The lowest BCUT2D eigenvalue weighted by Gasteiger charge is -2.23. The van der Waals surface area contributed by atoms with Crippen LogP contribution in [0, 0.1) is 0 Å². The average molecular weight is 341 g/mol. The first-order valence-corrected chi connectivity index (χ1v) is 8.70. The highest BCUT2D eigenvalue weighted by molar-refractivity contribution is 5.91. The molecule has 2 aromatic rings. The predicted octanol–water partition coefficient (Wildman–Crippen LogP) is 4.79. The van der Waals surface area contributed by atoms with Gasteiger partial charge in [-0.25, -0.2) is 0 Å². The summed E-state index contributed by atoms with van der Waals surface area (Å²) >= 11 is 0. The Hall–Kier alpha value is -2.49. The van der Waals surface area contributed by atoms with Crippen LogP contribution in [-0.2, 0) is 10.2 Å². The summed E-state index contributed by atoms with van der Waals surface area (Å²) in [6.45, 7) is 9.14. The number of anilines is 1. The number of ether oxygens (including phenoxy) is 2. The zero-order chi connectivity index (χ0) is 18.3. The molecule has 0 radical (unpaired) electrons. The van der Waals surface area contributed by atoms with E-state index in [0.717, 1.165) is 17.9 Å². The maximum absolute atomic E-state index is 12.0. The minimum absolute atomic E-state index is 0.0241. The summed E-state index contributed by atoms with van der Waals surface area (Å²) in [4.78, 5) is 12.0. The quantitative estimate of drug-likeness (QED) is 0.751. The SMILES string of the molecule is CCOc1ccc(NC(=O)COc2ccc(C(C)(C)CC)cc2)cc1. The Labute approximate surface area is 150 Å². The molecule has 4 nitrogen and oxygen atoms in total. The third-order valence-corrected chi connectivity index (χ3v) is 4.34. The van der Waals surface area contributed by atoms with Crippen molar-refractivity contribution in [2.24, 2.45) is 0 Å². The summed E-state index contributed by atoms with van der Waals surface area (Å²) in [6, 6.07) is 15.2. The molecular formula is C21H27NO3. The normalized spacial score (nSPS) is 11.0. The van der Waals surface area contributed by atoms with E-state index in [9.17, 15) is 4.79 Å². The number of nitrogens with one attached hydrogen (secondary N) is 1. The molecule has 0 heterocycles. The third-order valence-electron chi connectivity index (χ3n) is 4.34. The molecule has 0 fully saturated rings. The summed E-state index contributed by atoms with van der Waals surface area (Å²) in [5.41, 5.74) is 2.13. The van der Waals surface area contributed by atoms with E-state index in [-0.39, 0.29) is 17.9 Å². The highest BCUT2D eigenvalue weighted by Gasteiger charge is 2.17. The molecule has 0 atom stereocenters. The van der Waals surface area contributed by atoms with Gasteiger partial charge in [-0.1, -0.05) is 32.9 Å². The molecule has 0 aliphatic heterocycles. The largest absolute Gasteiger partial charge is 0.494 e. The van der Waals surface area contributed by atoms with Crippen LogP contribution in [0.5, 0.6) is 11.5 Å². The van der Waals surface area contributed by atoms with Crippen molar-refractivity contribution in [1.82, 2.24) is 0 Å². The van der Waals surface area contributed by atoms with Crippen molar-refractivity contribution in [3.05, 3.63) is 54.1 Å². The third kappa shape index (κ3) is 5.52. The van der Waals surface area contributed by atoms with Gasteiger partial charge in [0.15, 0.2) is 6.61 Å². The zero-order valence-electron chi connectivity index (χ0n) is 15.5. The molecule has 0 spiro atoms. The van der Waals surface area contributed by atoms with Crippen LogP contribution in [-0.4, -0.2) is 19.1 Å². The molecule has 2 aromatic carbocycles. The molecule has 0 bridgehead atoms. The van der Waals surface area contributed by atoms with Gasteiger partial charge in [-0.3, -0.25) is 4.79 Å². The van der Waals surface area contributed by atoms with Crippen molar-refractivity contribution < 1.29 is 14.3 Å². The van der Waals surface area contributed by atoms with Gasteiger partial charge in [0.05, 0.1) is 6.61 Å². The molecule has 4 heteroatoms. The lowest BCUT2D eigenvalue weighted by molar-refractivity contribution is -0.118. The Balaban J connectivity index is 1.85. The van der Waals surface area contributed by atoms with Crippen LogP contribution in [0.25, 0.3) is 0 Å². The molecule has 0 saturated heterocycles. The fraction of sp³-hybridized carbons (Fsp3) is 0.381. The molecule has 1 N–H and O–H groups in total. The molecule has 2 rings (SSSR count). The number of carbonyl (C=O) groups excluding carboxylic acids is 1. The van der Waals surface area contributed by atoms with Crippen molar-refractivity contribution in [3.8, 4) is 11.5 Å². The number of amides is 1. The van der Waals surface area contributed by atoms with E-state index in [1.165, 1.54) is 5.56 Å². The summed E-state index contributed by atoms with van der Waals surface area (Å²) in [7, 11) is 0. The lowest BCUT2D eigenvalue weighted by atomic mass is 9.82. The molecule has 0 saturated carbocycles. The van der Waals surface area contributed by atoms with E-state index < -0.39 is 0 Å². The van der Waals surface area contributed by atoms with Crippen molar-refractivity contribution >= 4 is 11.6 Å². The molecule has 0 aliphatic rings. The topological polar surface area (TPSA) is 47.6 Å². The average Bonchev–Trinajstić information content (AvgIpc) is 2.62. The van der Waals surface area contributed by atoms with Crippen LogP contribution in [0.2, 0.25) is 0 Å². The Bertz CT molecular complexity index is 675. The first kappa shape index (κ1) is 18.8. The molecule has 0 unspecified atom stereocenters. The number of hydrogen-bond donors (Lipinski definition) is 1. The highest BCUT2D eigenvalue weighted by atomic mass is 16.5. The molecular weight excluding hydrogens is 314 g/mol. The van der Waals surface area contributed by atoms with E-state index in [2.05, 4.69) is 38.2 Å². The minimum Gasteiger partial charge on any atom is -0.494 e. The molecule has 1 amide bonds. The van der Waals surface area contributed by atoms with Crippen LogP contribution in [0.15, 0.2) is 48.5 Å². The van der Waals surface area contributed by atoms with Gasteiger partial charge < -0.3 is 14.8 Å². The van der Waals surface area contributed by atoms with E-state index >= 15 is 0 Å². The van der Waals surface area contributed by atoms with Gasteiger partial charge in [-0.15, -0.1) is 0 Å². The summed E-state index contributed by atoms with van der Waals surface area (Å²) in [5.74, 6) is 1.28. The minimum atomic E-state index is -0.192. The maximum Gasteiger partial charge on any atom is 0.262 e. The van der Waals surface area contributed by atoms with Crippen molar-refractivity contribution in [2.45, 2.75) is 39.5 Å². The Kier molecular flexibility index (Phi) is 6.45. The van der Waals surface area contributed by atoms with E-state index in [1.54, 1.807) is 0 Å². The van der Waals surface area contributed by atoms with Crippen LogP contribution in [0.1, 0.15) is 39.7 Å². The van der Waals surface area contributed by atoms with Gasteiger partial charge in [-0.05, 0) is 60.7 Å². The number of rotatable bonds is 8. The number of carbonyl (C=O) groups is 1. The molecule has 0 aromatic heterocycles. The second kappa shape index (κ2) is 8.56. The number of benzene rings is 2. The fourth-order valence-electron chi connectivity index (χ4n) is 2.35. The number of hydrogen-bond acceptors (Lipinski definition) is 3. The predicted molar refractivity (Wildman–Crippen MR) is 101 cm³/mol. The van der Waals surface area contributed by atoms with Gasteiger partial charge in [0, 0.05) is 5.69 Å². The van der Waals surface area contributed by atoms with Gasteiger partial charge >= 0.3 is 0 Å². The monoisotopic (exact) mass is 341 g/mol. The van der Waals surface area contributed by atoms with E-state index in [1.807, 2.05) is 43.3 Å². The van der Waals surface area contributed by atoms with Gasteiger partial charge in [0.25, 0.3) is 5.91 Å². The summed E-state index contributed by atoms with van der Waals surface area (Å²) < 4.78 is 10.9. The molecule has 0 aliphatic carbocycles. The van der Waals surface area contributed by atoms with Crippen LogP contribution >= 0.6 is 0 Å². The molecule has 25 heavy (non-hydrogen) atoms. The Morgan fingerprint density at radius 1 is 0.920 bits per heavy atom. The van der Waals surface area contributed by atoms with Gasteiger partial charge in [-0.2, -0.15) is 0 Å². The fourth-order valence-corrected chi connectivity index (χ4v) is 2.35. The van der Waals surface area contributed by atoms with Crippen LogP contribution in [0.3, 0.4) is 0 Å². The van der Waals surface area contributed by atoms with Crippen molar-refractivity contribution in [2.75, 3.05) is 18.5 Å². The van der Waals surface area contributed by atoms with Crippen LogP contribution in [0.4, 0.5) is 5.69 Å². The zero-order valence-corrected chi connectivity index (χ0v) is 15.5.